The zero-order chi connectivity index (χ0) is 20.1. The Labute approximate surface area is 170 Å². The maximum atomic E-state index is 12.7. The van der Waals surface area contributed by atoms with E-state index in [-0.39, 0.29) is 24.0 Å². The van der Waals surface area contributed by atoms with Crippen molar-refractivity contribution < 1.29 is 13.2 Å². The molecular formula is C20H22ClN3O3S. The van der Waals surface area contributed by atoms with Crippen LogP contribution in [0.4, 0.5) is 4.79 Å². The summed E-state index contributed by atoms with van der Waals surface area (Å²) in [7, 11) is -3.54. The number of hydrogen-bond acceptors (Lipinski definition) is 3. The number of aryl methyl sites for hydroxylation is 1. The summed E-state index contributed by atoms with van der Waals surface area (Å²) in [6, 6.07) is 13.8. The van der Waals surface area contributed by atoms with Crippen molar-refractivity contribution in [2.75, 3.05) is 26.2 Å². The Morgan fingerprint density at radius 2 is 1.75 bits per heavy atom. The molecule has 1 fully saturated rings. The van der Waals surface area contributed by atoms with Crippen molar-refractivity contribution in [3.63, 3.8) is 0 Å². The van der Waals surface area contributed by atoms with Crippen LogP contribution < -0.4 is 5.32 Å². The number of carbonyl (C=O) groups is 1. The van der Waals surface area contributed by atoms with Crippen molar-refractivity contribution in [1.29, 1.82) is 0 Å². The number of carbonyl (C=O) groups excluding carboxylic acids is 1. The number of nitrogens with one attached hydrogen (secondary N) is 1. The van der Waals surface area contributed by atoms with Gasteiger partial charge < -0.3 is 10.2 Å². The molecular weight excluding hydrogens is 398 g/mol. The number of rotatable bonds is 4. The van der Waals surface area contributed by atoms with E-state index in [9.17, 15) is 13.2 Å². The minimum absolute atomic E-state index is 0.259. The fourth-order valence-corrected chi connectivity index (χ4v) is 4.52. The van der Waals surface area contributed by atoms with Gasteiger partial charge in [0.2, 0.25) is 10.0 Å². The highest BCUT2D eigenvalue weighted by Crippen LogP contribution is 2.18. The van der Waals surface area contributed by atoms with E-state index in [1.54, 1.807) is 53.6 Å². The smallest absolute Gasteiger partial charge is 0.321 e. The fraction of sp³-hybridized carbons (Fsp3) is 0.250. The monoisotopic (exact) mass is 419 g/mol. The van der Waals surface area contributed by atoms with E-state index >= 15 is 0 Å². The molecule has 0 aliphatic carbocycles. The molecule has 1 N–H and O–H groups in total. The second-order valence-corrected chi connectivity index (χ2v) is 8.92. The van der Waals surface area contributed by atoms with Gasteiger partial charge in [-0.05, 0) is 42.8 Å². The molecule has 148 valence electrons. The highest BCUT2D eigenvalue weighted by Gasteiger charge is 2.29. The number of amides is 2. The molecule has 3 rings (SSSR count). The van der Waals surface area contributed by atoms with Gasteiger partial charge in [0.25, 0.3) is 0 Å². The van der Waals surface area contributed by atoms with Crippen LogP contribution in [0.15, 0.2) is 59.6 Å². The zero-order valence-electron chi connectivity index (χ0n) is 15.5. The first-order chi connectivity index (χ1) is 13.4. The third-order valence-corrected chi connectivity index (χ3v) is 6.66. The van der Waals surface area contributed by atoms with Gasteiger partial charge in [-0.2, -0.15) is 4.31 Å². The van der Waals surface area contributed by atoms with E-state index in [4.69, 9.17) is 11.6 Å². The summed E-state index contributed by atoms with van der Waals surface area (Å²) >= 11 is 5.93. The number of benzene rings is 2. The molecule has 0 saturated carbocycles. The minimum atomic E-state index is -3.54. The van der Waals surface area contributed by atoms with Gasteiger partial charge in [0.1, 0.15) is 0 Å². The van der Waals surface area contributed by atoms with Gasteiger partial charge in [-0.25, -0.2) is 13.2 Å². The average Bonchev–Trinajstić information content (AvgIpc) is 2.68. The van der Waals surface area contributed by atoms with Crippen molar-refractivity contribution >= 4 is 33.7 Å². The molecule has 0 aromatic heterocycles. The first-order valence-corrected chi connectivity index (χ1v) is 10.7. The second kappa shape index (κ2) is 8.77. The van der Waals surface area contributed by atoms with Gasteiger partial charge in [0, 0.05) is 37.4 Å². The van der Waals surface area contributed by atoms with Crippen LogP contribution in [0.1, 0.15) is 11.1 Å². The lowest BCUT2D eigenvalue weighted by Crippen LogP contribution is -2.52. The predicted molar refractivity (Wildman–Crippen MR) is 111 cm³/mol. The molecule has 2 aromatic rings. The van der Waals surface area contributed by atoms with Crippen LogP contribution in [-0.4, -0.2) is 49.8 Å². The minimum Gasteiger partial charge on any atom is -0.322 e. The van der Waals surface area contributed by atoms with E-state index in [0.29, 0.717) is 18.1 Å². The van der Waals surface area contributed by atoms with Crippen LogP contribution in [0.3, 0.4) is 0 Å². The van der Waals surface area contributed by atoms with Gasteiger partial charge in [0.05, 0.1) is 4.90 Å². The fourth-order valence-electron chi connectivity index (χ4n) is 2.90. The molecule has 1 saturated heterocycles. The maximum Gasteiger partial charge on any atom is 0.321 e. The molecule has 8 heteroatoms. The lowest BCUT2D eigenvalue weighted by molar-refractivity contribution is 0.175. The van der Waals surface area contributed by atoms with E-state index in [2.05, 4.69) is 5.32 Å². The number of piperazine rings is 1. The lowest BCUT2D eigenvalue weighted by atomic mass is 10.2. The number of sulfonamides is 1. The normalized spacial score (nSPS) is 15.7. The molecule has 1 aliphatic rings. The number of urea groups is 1. The van der Waals surface area contributed by atoms with Gasteiger partial charge in [0.15, 0.2) is 0 Å². The Morgan fingerprint density at radius 1 is 1.07 bits per heavy atom. The van der Waals surface area contributed by atoms with E-state index in [0.717, 1.165) is 11.1 Å². The Hall–Kier alpha value is -2.35. The third kappa shape index (κ3) is 4.92. The Bertz CT molecular complexity index is 966. The largest absolute Gasteiger partial charge is 0.322 e. The number of hydrogen-bond donors (Lipinski definition) is 1. The topological polar surface area (TPSA) is 69.7 Å². The molecule has 2 aromatic carbocycles. The summed E-state index contributed by atoms with van der Waals surface area (Å²) in [5, 5.41) is 3.33. The van der Waals surface area contributed by atoms with Crippen LogP contribution in [0.2, 0.25) is 5.02 Å². The first kappa shape index (κ1) is 20.4. The molecule has 0 spiro atoms. The maximum absolute atomic E-state index is 12.7. The number of halogens is 1. The Kier molecular flexibility index (Phi) is 6.39. The molecule has 0 radical (unpaired) electrons. The molecule has 0 bridgehead atoms. The lowest BCUT2D eigenvalue weighted by Gasteiger charge is -2.33. The van der Waals surface area contributed by atoms with Gasteiger partial charge in [-0.1, -0.05) is 41.4 Å². The summed E-state index contributed by atoms with van der Waals surface area (Å²) in [5.74, 6) is 0. The van der Waals surface area contributed by atoms with Gasteiger partial charge in [-0.15, -0.1) is 0 Å². The second-order valence-electron chi connectivity index (χ2n) is 6.54. The summed E-state index contributed by atoms with van der Waals surface area (Å²) in [6.07, 6.45) is 3.31. The molecule has 0 atom stereocenters. The molecule has 1 heterocycles. The standard InChI is InChI=1S/C20H22ClN3O3S/c1-16-5-7-19(8-6-16)28(26,27)24-13-11-23(12-14-24)20(25)22-10-9-17-3-2-4-18(21)15-17/h2-10,15H,11-14H2,1H3,(H,22,25)/b10-9+. The summed E-state index contributed by atoms with van der Waals surface area (Å²) in [6.45, 7) is 3.11. The van der Waals surface area contributed by atoms with Crippen LogP contribution in [-0.2, 0) is 10.0 Å². The van der Waals surface area contributed by atoms with Crippen molar-refractivity contribution in [2.45, 2.75) is 11.8 Å². The highest BCUT2D eigenvalue weighted by atomic mass is 35.5. The summed E-state index contributed by atoms with van der Waals surface area (Å²) < 4.78 is 26.9. The van der Waals surface area contributed by atoms with Crippen molar-refractivity contribution in [2.24, 2.45) is 0 Å². The van der Waals surface area contributed by atoms with Gasteiger partial charge in [-0.3, -0.25) is 0 Å². The number of nitrogens with zero attached hydrogens (tertiary/aromatic N) is 2. The van der Waals surface area contributed by atoms with E-state index < -0.39 is 10.0 Å². The highest BCUT2D eigenvalue weighted by molar-refractivity contribution is 7.89. The zero-order valence-corrected chi connectivity index (χ0v) is 17.1. The first-order valence-electron chi connectivity index (χ1n) is 8.91. The molecule has 6 nitrogen and oxygen atoms in total. The average molecular weight is 420 g/mol. The summed E-state index contributed by atoms with van der Waals surface area (Å²) in [5.41, 5.74) is 1.88. The summed E-state index contributed by atoms with van der Waals surface area (Å²) in [4.78, 5) is 14.2. The van der Waals surface area contributed by atoms with Crippen molar-refractivity contribution in [1.82, 2.24) is 14.5 Å². The van der Waals surface area contributed by atoms with Crippen molar-refractivity contribution in [3.05, 3.63) is 70.9 Å². The van der Waals surface area contributed by atoms with Crippen LogP contribution >= 0.6 is 11.6 Å². The molecule has 28 heavy (non-hydrogen) atoms. The quantitative estimate of drug-likeness (QED) is 0.826. The van der Waals surface area contributed by atoms with Crippen LogP contribution in [0.25, 0.3) is 6.08 Å². The van der Waals surface area contributed by atoms with Crippen LogP contribution in [0, 0.1) is 6.92 Å². The molecule has 2 amide bonds. The predicted octanol–water partition coefficient (Wildman–Crippen LogP) is 3.34. The van der Waals surface area contributed by atoms with E-state index in [1.807, 2.05) is 19.1 Å². The Morgan fingerprint density at radius 3 is 2.39 bits per heavy atom. The third-order valence-electron chi connectivity index (χ3n) is 4.52. The molecule has 0 unspecified atom stereocenters. The van der Waals surface area contributed by atoms with E-state index in [1.165, 1.54) is 4.31 Å². The molecule has 1 aliphatic heterocycles. The SMILES string of the molecule is Cc1ccc(S(=O)(=O)N2CCN(C(=O)N/C=C/c3cccc(Cl)c3)CC2)cc1. The van der Waals surface area contributed by atoms with Crippen molar-refractivity contribution in [3.8, 4) is 0 Å². The Balaban J connectivity index is 1.54. The van der Waals surface area contributed by atoms with Gasteiger partial charge >= 0.3 is 6.03 Å². The van der Waals surface area contributed by atoms with Crippen LogP contribution in [0.5, 0.6) is 0 Å².